The van der Waals surface area contributed by atoms with Gasteiger partial charge in [-0.05, 0) is 23.7 Å². The van der Waals surface area contributed by atoms with Crippen LogP contribution in [0.2, 0.25) is 5.28 Å². The topological polar surface area (TPSA) is 64.7 Å². The lowest BCUT2D eigenvalue weighted by Gasteiger charge is -1.98. The molecule has 0 atom stereocenters. The third kappa shape index (κ3) is 1.06. The zero-order valence-electron chi connectivity index (χ0n) is 6.03. The van der Waals surface area contributed by atoms with E-state index in [1.54, 1.807) is 18.3 Å². The van der Waals surface area contributed by atoms with Crippen LogP contribution in [0.5, 0.6) is 0 Å². The van der Waals surface area contributed by atoms with Crippen molar-refractivity contribution in [3.8, 4) is 0 Å². The lowest BCUT2D eigenvalue weighted by Crippen LogP contribution is -1.96. The van der Waals surface area contributed by atoms with E-state index >= 15 is 0 Å². The smallest absolute Gasteiger partial charge is 0.225 e. The summed E-state index contributed by atoms with van der Waals surface area (Å²) in [7, 11) is 0. The summed E-state index contributed by atoms with van der Waals surface area (Å²) in [4.78, 5) is 11.7. The van der Waals surface area contributed by atoms with Crippen molar-refractivity contribution in [1.82, 2.24) is 15.0 Å². The van der Waals surface area contributed by atoms with Crippen LogP contribution in [-0.4, -0.2) is 15.0 Å². The maximum Gasteiger partial charge on any atom is 0.225 e. The van der Waals surface area contributed by atoms with Crippen molar-refractivity contribution in [3.05, 3.63) is 23.6 Å². The molecule has 0 aliphatic carbocycles. The van der Waals surface area contributed by atoms with Gasteiger partial charge < -0.3 is 5.73 Å². The van der Waals surface area contributed by atoms with Gasteiger partial charge in [-0.2, -0.15) is 4.98 Å². The standard InChI is InChI=1S/C7H5ClN4/c8-7-11-4-2-1-3-10-5(4)6(9)12-7/h1-3H,(H2,9,11,12). The first-order valence-electron chi connectivity index (χ1n) is 3.31. The number of nitrogens with zero attached hydrogens (tertiary/aromatic N) is 3. The van der Waals surface area contributed by atoms with E-state index in [1.807, 2.05) is 0 Å². The van der Waals surface area contributed by atoms with Crippen LogP contribution in [0.15, 0.2) is 18.3 Å². The van der Waals surface area contributed by atoms with E-state index in [0.29, 0.717) is 16.9 Å². The Morgan fingerprint density at radius 3 is 3.00 bits per heavy atom. The van der Waals surface area contributed by atoms with Gasteiger partial charge in [-0.1, -0.05) is 0 Å². The Morgan fingerprint density at radius 2 is 2.17 bits per heavy atom. The van der Waals surface area contributed by atoms with Crippen LogP contribution in [0.3, 0.4) is 0 Å². The summed E-state index contributed by atoms with van der Waals surface area (Å²) in [6.07, 6.45) is 1.63. The Morgan fingerprint density at radius 1 is 1.33 bits per heavy atom. The fraction of sp³-hybridized carbons (Fsp3) is 0. The Hall–Kier alpha value is -1.42. The van der Waals surface area contributed by atoms with E-state index in [9.17, 15) is 0 Å². The number of nitrogen functional groups attached to an aromatic ring is 1. The average molecular weight is 181 g/mol. The van der Waals surface area contributed by atoms with Gasteiger partial charge in [0.05, 0.1) is 5.52 Å². The molecule has 4 nitrogen and oxygen atoms in total. The molecule has 0 aliphatic rings. The Kier molecular flexibility index (Phi) is 1.55. The molecule has 0 fully saturated rings. The minimum atomic E-state index is 0.146. The second-order valence-electron chi connectivity index (χ2n) is 2.25. The third-order valence-electron chi connectivity index (χ3n) is 1.45. The van der Waals surface area contributed by atoms with Crippen molar-refractivity contribution in [3.63, 3.8) is 0 Å². The van der Waals surface area contributed by atoms with Crippen molar-refractivity contribution < 1.29 is 0 Å². The quantitative estimate of drug-likeness (QED) is 0.620. The number of hydrogen-bond acceptors (Lipinski definition) is 4. The van der Waals surface area contributed by atoms with Gasteiger partial charge in [0.25, 0.3) is 0 Å². The Balaban J connectivity index is 2.89. The highest BCUT2D eigenvalue weighted by molar-refractivity contribution is 6.28. The fourth-order valence-electron chi connectivity index (χ4n) is 0.961. The van der Waals surface area contributed by atoms with E-state index in [1.165, 1.54) is 0 Å². The maximum absolute atomic E-state index is 5.59. The summed E-state index contributed by atoms with van der Waals surface area (Å²) in [6, 6.07) is 3.55. The molecule has 0 bridgehead atoms. The minimum absolute atomic E-state index is 0.146. The van der Waals surface area contributed by atoms with Crippen LogP contribution in [0.25, 0.3) is 11.0 Å². The fourth-order valence-corrected chi connectivity index (χ4v) is 1.14. The largest absolute Gasteiger partial charge is 0.382 e. The summed E-state index contributed by atoms with van der Waals surface area (Å²) < 4.78 is 0. The molecular weight excluding hydrogens is 176 g/mol. The molecule has 5 heteroatoms. The van der Waals surface area contributed by atoms with Gasteiger partial charge in [-0.25, -0.2) is 4.98 Å². The number of anilines is 1. The van der Waals surface area contributed by atoms with Crippen molar-refractivity contribution in [2.24, 2.45) is 0 Å². The van der Waals surface area contributed by atoms with Gasteiger partial charge in [0.2, 0.25) is 5.28 Å². The molecule has 2 aromatic rings. The first-order valence-corrected chi connectivity index (χ1v) is 3.69. The van der Waals surface area contributed by atoms with Gasteiger partial charge >= 0.3 is 0 Å². The molecule has 0 aromatic carbocycles. The Bertz CT molecular complexity index is 429. The summed E-state index contributed by atoms with van der Waals surface area (Å²) in [5.74, 6) is 0.311. The van der Waals surface area contributed by atoms with Crippen LogP contribution < -0.4 is 5.73 Å². The van der Waals surface area contributed by atoms with E-state index in [2.05, 4.69) is 15.0 Å². The molecule has 0 unspecified atom stereocenters. The van der Waals surface area contributed by atoms with Gasteiger partial charge in [-0.3, -0.25) is 4.98 Å². The summed E-state index contributed by atoms with van der Waals surface area (Å²) >= 11 is 5.59. The molecule has 0 saturated carbocycles. The predicted octanol–water partition coefficient (Wildman–Crippen LogP) is 1.26. The molecule has 2 aromatic heterocycles. The molecule has 60 valence electrons. The molecule has 0 saturated heterocycles. The van der Waals surface area contributed by atoms with Crippen LogP contribution in [0.1, 0.15) is 0 Å². The van der Waals surface area contributed by atoms with E-state index in [4.69, 9.17) is 17.3 Å². The number of halogens is 1. The molecule has 2 N–H and O–H groups in total. The number of aromatic nitrogens is 3. The molecule has 2 heterocycles. The monoisotopic (exact) mass is 180 g/mol. The third-order valence-corrected chi connectivity index (χ3v) is 1.62. The van der Waals surface area contributed by atoms with Crippen LogP contribution >= 0.6 is 11.6 Å². The first kappa shape index (κ1) is 7.24. The molecule has 0 aliphatic heterocycles. The van der Waals surface area contributed by atoms with Crippen molar-refractivity contribution in [2.45, 2.75) is 0 Å². The SMILES string of the molecule is Nc1nc(Cl)nc2cccnc12. The van der Waals surface area contributed by atoms with E-state index in [-0.39, 0.29) is 5.28 Å². The lowest BCUT2D eigenvalue weighted by molar-refractivity contribution is 1.20. The van der Waals surface area contributed by atoms with Crippen molar-refractivity contribution in [1.29, 1.82) is 0 Å². The van der Waals surface area contributed by atoms with Crippen molar-refractivity contribution >= 4 is 28.5 Å². The molecule has 2 rings (SSSR count). The van der Waals surface area contributed by atoms with Crippen LogP contribution in [-0.2, 0) is 0 Å². The molecule has 12 heavy (non-hydrogen) atoms. The second-order valence-corrected chi connectivity index (χ2v) is 2.59. The minimum Gasteiger partial charge on any atom is -0.382 e. The number of nitrogens with two attached hydrogens (primary N) is 1. The zero-order chi connectivity index (χ0) is 8.55. The second kappa shape index (κ2) is 2.57. The molecular formula is C7H5ClN4. The van der Waals surface area contributed by atoms with Crippen molar-refractivity contribution in [2.75, 3.05) is 5.73 Å². The highest BCUT2D eigenvalue weighted by Crippen LogP contribution is 2.15. The highest BCUT2D eigenvalue weighted by Gasteiger charge is 2.02. The highest BCUT2D eigenvalue weighted by atomic mass is 35.5. The molecule has 0 spiro atoms. The molecule has 0 amide bonds. The van der Waals surface area contributed by atoms with Gasteiger partial charge in [0.1, 0.15) is 5.52 Å². The first-order chi connectivity index (χ1) is 5.77. The molecule has 0 radical (unpaired) electrons. The van der Waals surface area contributed by atoms with Crippen LogP contribution in [0, 0.1) is 0 Å². The normalized spacial score (nSPS) is 10.4. The van der Waals surface area contributed by atoms with E-state index < -0.39 is 0 Å². The summed E-state index contributed by atoms with van der Waals surface area (Å²) in [5, 5.41) is 0.146. The Labute approximate surface area is 73.4 Å². The number of rotatable bonds is 0. The van der Waals surface area contributed by atoms with Crippen LogP contribution in [0.4, 0.5) is 5.82 Å². The summed E-state index contributed by atoms with van der Waals surface area (Å²) in [5.41, 5.74) is 6.81. The number of fused-ring (bicyclic) bond motifs is 1. The van der Waals surface area contributed by atoms with Gasteiger partial charge in [0.15, 0.2) is 5.82 Å². The summed E-state index contributed by atoms with van der Waals surface area (Å²) in [6.45, 7) is 0. The lowest BCUT2D eigenvalue weighted by atomic mass is 10.3. The number of pyridine rings is 1. The van der Waals surface area contributed by atoms with Gasteiger partial charge in [-0.15, -0.1) is 0 Å². The maximum atomic E-state index is 5.59. The van der Waals surface area contributed by atoms with Gasteiger partial charge in [0, 0.05) is 6.20 Å². The van der Waals surface area contributed by atoms with E-state index in [0.717, 1.165) is 0 Å². The predicted molar refractivity (Wildman–Crippen MR) is 46.8 cm³/mol. The number of hydrogen-bond donors (Lipinski definition) is 1. The zero-order valence-corrected chi connectivity index (χ0v) is 6.78. The average Bonchev–Trinajstić information content (AvgIpc) is 2.04.